The normalized spacial score (nSPS) is 11.5. The van der Waals surface area contributed by atoms with Gasteiger partial charge in [0.05, 0.1) is 11.0 Å². The minimum absolute atomic E-state index is 0.651. The van der Waals surface area contributed by atoms with Crippen LogP contribution in [0.25, 0.3) is 105 Å². The van der Waals surface area contributed by atoms with Gasteiger partial charge in [0.25, 0.3) is 0 Å². The largest absolute Gasteiger partial charge is 0.298 e. The van der Waals surface area contributed by atoms with Crippen LogP contribution in [0, 0.1) is 0 Å². The summed E-state index contributed by atoms with van der Waals surface area (Å²) in [5.74, 6) is 0.875. The summed E-state index contributed by atoms with van der Waals surface area (Å²) in [6.07, 6.45) is 1.98. The van der Waals surface area contributed by atoms with Gasteiger partial charge in [-0.05, 0) is 107 Å². The van der Waals surface area contributed by atoms with E-state index in [-0.39, 0.29) is 0 Å². The first-order valence-electron chi connectivity index (χ1n) is 19.8. The van der Waals surface area contributed by atoms with Crippen LogP contribution in [0.5, 0.6) is 0 Å². The van der Waals surface area contributed by atoms with Crippen molar-refractivity contribution >= 4 is 66.7 Å². The molecule has 11 aromatic rings. The van der Waals surface area contributed by atoms with E-state index in [9.17, 15) is 9.59 Å². The maximum Gasteiger partial charge on any atom is 0.151 e. The summed E-state index contributed by atoms with van der Waals surface area (Å²) in [4.78, 5) is 31.3. The van der Waals surface area contributed by atoms with Crippen molar-refractivity contribution in [3.63, 3.8) is 0 Å². The van der Waals surface area contributed by atoms with E-state index < -0.39 is 0 Å². The van der Waals surface area contributed by atoms with Gasteiger partial charge in [-0.2, -0.15) is 0 Å². The Morgan fingerprint density at radius 1 is 0.390 bits per heavy atom. The molecule has 59 heavy (non-hydrogen) atoms. The number of para-hydroxylation sites is 3. The fourth-order valence-electron chi connectivity index (χ4n) is 9.09. The average molecular weight is 755 g/mol. The zero-order valence-electron chi connectivity index (χ0n) is 31.8. The smallest absolute Gasteiger partial charge is 0.151 e. The van der Waals surface area contributed by atoms with Crippen molar-refractivity contribution in [1.29, 1.82) is 0 Å². The first kappa shape index (κ1) is 34.3. The second-order valence-electron chi connectivity index (χ2n) is 15.0. The number of fused-ring (bicyclic) bond motifs is 5. The number of hydrogen-bond acceptors (Lipinski definition) is 3. The molecule has 0 atom stereocenters. The molecule has 0 aliphatic rings. The molecule has 0 spiro atoms. The Morgan fingerprint density at radius 3 is 1.51 bits per heavy atom. The second kappa shape index (κ2) is 13.9. The van der Waals surface area contributed by atoms with Crippen LogP contribution in [-0.4, -0.2) is 22.1 Å². The zero-order valence-corrected chi connectivity index (χ0v) is 31.8. The number of rotatable bonds is 7. The number of carbonyl (C=O) groups is 2. The molecule has 0 fully saturated rings. The minimum Gasteiger partial charge on any atom is -0.298 e. The van der Waals surface area contributed by atoms with E-state index in [1.807, 2.05) is 66.7 Å². The van der Waals surface area contributed by atoms with Crippen molar-refractivity contribution in [3.8, 4) is 50.5 Å². The van der Waals surface area contributed by atoms with Crippen LogP contribution in [0.4, 0.5) is 0 Å². The highest BCUT2D eigenvalue weighted by Crippen LogP contribution is 2.47. The SMILES string of the molecule is O=Cc1c(-c2c3ccccc3c(-c3ccc4ccccc4c3C=O)c3cc(-c4ccc(-c5nc6ccccc6n5-c5ccccc5)cc4)ccc23)ccc2ccccc12. The van der Waals surface area contributed by atoms with Gasteiger partial charge in [0.15, 0.2) is 12.6 Å². The Balaban J connectivity index is 1.17. The van der Waals surface area contributed by atoms with Crippen LogP contribution < -0.4 is 0 Å². The predicted molar refractivity (Wildman–Crippen MR) is 244 cm³/mol. The Bertz CT molecular complexity index is 3470. The summed E-state index contributed by atoms with van der Waals surface area (Å²) in [6.45, 7) is 0. The molecule has 10 aromatic carbocycles. The standard InChI is InChI=1S/C55H34N2O2/c58-33-49-41-16-6-4-12-36(41)26-29-46(49)53-43-18-8-9-19-44(43)54(47-30-27-37-13-5-7-17-42(37)50(47)34-59)48-32-39(28-31-45(48)53)35-22-24-38(25-23-35)55-56-51-20-10-11-21-52(51)57(55)40-14-2-1-3-15-40/h1-34H. The van der Waals surface area contributed by atoms with E-state index in [0.29, 0.717) is 11.1 Å². The van der Waals surface area contributed by atoms with Gasteiger partial charge in [0.1, 0.15) is 5.82 Å². The molecule has 1 heterocycles. The molecule has 0 radical (unpaired) electrons. The molecule has 0 saturated heterocycles. The number of aldehydes is 2. The van der Waals surface area contributed by atoms with Crippen molar-refractivity contribution in [2.24, 2.45) is 0 Å². The second-order valence-corrected chi connectivity index (χ2v) is 15.0. The predicted octanol–water partition coefficient (Wildman–Crippen LogP) is 13.9. The first-order chi connectivity index (χ1) is 29.2. The number of aromatic nitrogens is 2. The first-order valence-corrected chi connectivity index (χ1v) is 19.8. The number of benzene rings is 10. The molecular formula is C55H34N2O2. The maximum atomic E-state index is 13.1. The third-order valence-electron chi connectivity index (χ3n) is 11.8. The lowest BCUT2D eigenvalue weighted by Crippen LogP contribution is -1.97. The van der Waals surface area contributed by atoms with Gasteiger partial charge >= 0.3 is 0 Å². The van der Waals surface area contributed by atoms with Gasteiger partial charge in [0.2, 0.25) is 0 Å². The van der Waals surface area contributed by atoms with Crippen molar-refractivity contribution in [2.75, 3.05) is 0 Å². The minimum atomic E-state index is 0.651. The Hall–Kier alpha value is -7.95. The van der Waals surface area contributed by atoms with Gasteiger partial charge in [-0.15, -0.1) is 0 Å². The van der Waals surface area contributed by atoms with Crippen LogP contribution in [0.15, 0.2) is 194 Å². The van der Waals surface area contributed by atoms with Crippen LogP contribution in [0.1, 0.15) is 20.7 Å². The fourth-order valence-corrected chi connectivity index (χ4v) is 9.09. The molecule has 0 amide bonds. The van der Waals surface area contributed by atoms with E-state index in [4.69, 9.17) is 4.98 Å². The van der Waals surface area contributed by atoms with E-state index >= 15 is 0 Å². The molecule has 0 saturated carbocycles. The topological polar surface area (TPSA) is 52.0 Å². The molecule has 0 N–H and O–H groups in total. The molecule has 1 aromatic heterocycles. The Morgan fingerprint density at radius 2 is 0.881 bits per heavy atom. The highest BCUT2D eigenvalue weighted by molar-refractivity contribution is 6.25. The van der Waals surface area contributed by atoms with Gasteiger partial charge < -0.3 is 0 Å². The Kier molecular flexibility index (Phi) is 8.09. The summed E-state index contributed by atoms with van der Waals surface area (Å²) < 4.78 is 2.22. The van der Waals surface area contributed by atoms with Gasteiger partial charge in [-0.3, -0.25) is 14.2 Å². The van der Waals surface area contributed by atoms with Crippen LogP contribution in [0.2, 0.25) is 0 Å². The molecule has 4 nitrogen and oxygen atoms in total. The quantitative estimate of drug-likeness (QED) is 0.120. The van der Waals surface area contributed by atoms with Crippen molar-refractivity contribution < 1.29 is 9.59 Å². The highest BCUT2D eigenvalue weighted by atomic mass is 16.1. The Labute approximate surface area is 340 Å². The van der Waals surface area contributed by atoms with E-state index in [1.165, 1.54) is 0 Å². The summed E-state index contributed by atoms with van der Waals surface area (Å²) >= 11 is 0. The highest BCUT2D eigenvalue weighted by Gasteiger charge is 2.22. The maximum absolute atomic E-state index is 13.1. The molecule has 11 rings (SSSR count). The number of nitrogens with zero attached hydrogens (tertiary/aromatic N) is 2. The molecule has 0 bridgehead atoms. The summed E-state index contributed by atoms with van der Waals surface area (Å²) in [7, 11) is 0. The average Bonchev–Trinajstić information content (AvgIpc) is 3.70. The summed E-state index contributed by atoms with van der Waals surface area (Å²) in [5, 5.41) is 7.86. The van der Waals surface area contributed by atoms with Crippen molar-refractivity contribution in [3.05, 3.63) is 205 Å². The van der Waals surface area contributed by atoms with Crippen LogP contribution in [0.3, 0.4) is 0 Å². The zero-order chi connectivity index (χ0) is 39.5. The van der Waals surface area contributed by atoms with Crippen molar-refractivity contribution in [1.82, 2.24) is 9.55 Å². The number of carbonyl (C=O) groups excluding carboxylic acids is 2. The fraction of sp³-hybridized carbons (Fsp3) is 0. The van der Waals surface area contributed by atoms with Gasteiger partial charge in [-0.1, -0.05) is 164 Å². The summed E-state index contributed by atoms with van der Waals surface area (Å²) in [6, 6.07) is 66.6. The summed E-state index contributed by atoms with van der Waals surface area (Å²) in [5.41, 5.74) is 11.2. The molecular weight excluding hydrogens is 721 g/mol. The lowest BCUT2D eigenvalue weighted by molar-refractivity contribution is 0.111. The van der Waals surface area contributed by atoms with Gasteiger partial charge in [0, 0.05) is 22.4 Å². The third-order valence-corrected chi connectivity index (χ3v) is 11.8. The molecule has 0 aliphatic carbocycles. The number of hydrogen-bond donors (Lipinski definition) is 0. The van der Waals surface area contributed by atoms with E-state index in [0.717, 1.165) is 117 Å². The lowest BCUT2D eigenvalue weighted by Gasteiger charge is -2.21. The monoisotopic (exact) mass is 754 g/mol. The molecule has 0 aliphatic heterocycles. The molecule has 276 valence electrons. The number of imidazole rings is 1. The van der Waals surface area contributed by atoms with Crippen molar-refractivity contribution in [2.45, 2.75) is 0 Å². The molecule has 0 unspecified atom stereocenters. The van der Waals surface area contributed by atoms with E-state index in [1.54, 1.807) is 0 Å². The lowest BCUT2D eigenvalue weighted by atomic mass is 9.82. The van der Waals surface area contributed by atoms with Crippen LogP contribution in [-0.2, 0) is 0 Å². The van der Waals surface area contributed by atoms with Crippen LogP contribution >= 0.6 is 0 Å². The van der Waals surface area contributed by atoms with E-state index in [2.05, 4.69) is 132 Å². The molecule has 4 heteroatoms. The van der Waals surface area contributed by atoms with Gasteiger partial charge in [-0.25, -0.2) is 4.98 Å². The third kappa shape index (κ3) is 5.49.